The van der Waals surface area contributed by atoms with Crippen molar-refractivity contribution >= 4 is 23.3 Å². The van der Waals surface area contributed by atoms with Gasteiger partial charge in [-0.25, -0.2) is 4.79 Å². The fraction of sp³-hybridized carbons (Fsp3) is 0.182. The van der Waals surface area contributed by atoms with E-state index in [9.17, 15) is 9.90 Å². The van der Waals surface area contributed by atoms with Crippen molar-refractivity contribution < 1.29 is 14.6 Å². The maximum Gasteiger partial charge on any atom is 0.339 e. The van der Waals surface area contributed by atoms with Crippen molar-refractivity contribution in [2.75, 3.05) is 18.1 Å². The van der Waals surface area contributed by atoms with Crippen LogP contribution in [0.2, 0.25) is 5.02 Å². The molecule has 0 unspecified atom stereocenters. The van der Waals surface area contributed by atoms with Crippen LogP contribution in [0.25, 0.3) is 0 Å². The number of fused-ring (bicyclic) bond motifs is 1. The van der Waals surface area contributed by atoms with Gasteiger partial charge in [-0.3, -0.25) is 4.98 Å². The average molecular weight is 395 g/mol. The van der Waals surface area contributed by atoms with Crippen molar-refractivity contribution in [3.63, 3.8) is 0 Å². The van der Waals surface area contributed by atoms with Crippen molar-refractivity contribution in [3.05, 3.63) is 88.2 Å². The zero-order valence-corrected chi connectivity index (χ0v) is 15.9. The van der Waals surface area contributed by atoms with Gasteiger partial charge in [0.2, 0.25) is 0 Å². The van der Waals surface area contributed by atoms with Crippen LogP contribution in [0.4, 0.5) is 5.69 Å². The second kappa shape index (κ2) is 7.90. The monoisotopic (exact) mass is 394 g/mol. The molecule has 0 bridgehead atoms. The third-order valence-electron chi connectivity index (χ3n) is 4.85. The van der Waals surface area contributed by atoms with Crippen LogP contribution in [0, 0.1) is 0 Å². The van der Waals surface area contributed by atoms with Crippen molar-refractivity contribution in [3.8, 4) is 5.75 Å². The first kappa shape index (κ1) is 18.3. The van der Waals surface area contributed by atoms with E-state index in [0.717, 1.165) is 28.8 Å². The molecule has 0 aliphatic carbocycles. The molecule has 5 nitrogen and oxygen atoms in total. The second-order valence-corrected chi connectivity index (χ2v) is 7.11. The molecular formula is C22H19ClN2O3. The number of anilines is 1. The van der Waals surface area contributed by atoms with Crippen molar-refractivity contribution in [1.82, 2.24) is 4.98 Å². The van der Waals surface area contributed by atoms with Gasteiger partial charge in [0.05, 0.1) is 12.2 Å². The Balaban J connectivity index is 1.62. The summed E-state index contributed by atoms with van der Waals surface area (Å²) < 4.78 is 5.67. The summed E-state index contributed by atoms with van der Waals surface area (Å²) in [6.45, 7) is 1.80. The van der Waals surface area contributed by atoms with Crippen molar-refractivity contribution in [2.45, 2.75) is 13.0 Å². The van der Waals surface area contributed by atoms with Gasteiger partial charge in [0, 0.05) is 24.0 Å². The molecule has 2 aromatic carbocycles. The van der Waals surface area contributed by atoms with Crippen LogP contribution in [-0.2, 0) is 13.0 Å². The number of hydrogen-bond acceptors (Lipinski definition) is 4. The van der Waals surface area contributed by atoms with Crippen LogP contribution in [-0.4, -0.2) is 29.2 Å². The first-order chi connectivity index (χ1) is 13.6. The number of aromatic carboxylic acids is 1. The maximum atomic E-state index is 11.5. The van der Waals surface area contributed by atoms with Crippen LogP contribution < -0.4 is 9.64 Å². The molecule has 1 aliphatic heterocycles. The number of ether oxygens (including phenoxy) is 1. The topological polar surface area (TPSA) is 62.7 Å². The van der Waals surface area contributed by atoms with Gasteiger partial charge >= 0.3 is 5.97 Å². The molecule has 28 heavy (non-hydrogen) atoms. The molecule has 3 aromatic rings. The van der Waals surface area contributed by atoms with Crippen molar-refractivity contribution in [2.24, 2.45) is 0 Å². The van der Waals surface area contributed by atoms with Gasteiger partial charge in [-0.2, -0.15) is 0 Å². The quantitative estimate of drug-likeness (QED) is 0.693. The summed E-state index contributed by atoms with van der Waals surface area (Å²) in [7, 11) is 0. The standard InChI is InChI=1S/C22H19ClN2O3/c23-18-6-4-15(5-7-18)12-17-13-24-9-8-16(17)14-25-10-11-28-21-19(22(26)27)2-1-3-20(21)25/h1-9,13H,10-12,14H2,(H,26,27). The molecule has 0 atom stereocenters. The summed E-state index contributed by atoms with van der Waals surface area (Å²) in [5, 5.41) is 10.1. The lowest BCUT2D eigenvalue weighted by molar-refractivity contribution is 0.0692. The van der Waals surface area contributed by atoms with E-state index in [2.05, 4.69) is 9.88 Å². The molecule has 1 aliphatic rings. The zero-order valence-electron chi connectivity index (χ0n) is 15.1. The van der Waals surface area contributed by atoms with Gasteiger partial charge in [-0.05, 0) is 53.4 Å². The summed E-state index contributed by atoms with van der Waals surface area (Å²) in [6, 6.07) is 15.1. The van der Waals surface area contributed by atoms with Crippen LogP contribution in [0.3, 0.4) is 0 Å². The van der Waals surface area contributed by atoms with E-state index in [1.54, 1.807) is 18.3 Å². The number of halogens is 1. The fourth-order valence-corrected chi connectivity index (χ4v) is 3.56. The first-order valence-corrected chi connectivity index (χ1v) is 9.40. The molecule has 0 amide bonds. The van der Waals surface area contributed by atoms with Crippen LogP contribution in [0.5, 0.6) is 5.75 Å². The number of carbonyl (C=O) groups is 1. The molecule has 4 rings (SSSR count). The molecule has 0 saturated heterocycles. The minimum atomic E-state index is -0.981. The lowest BCUT2D eigenvalue weighted by atomic mass is 10.0. The highest BCUT2D eigenvalue weighted by Gasteiger charge is 2.24. The number of carboxylic acids is 1. The van der Waals surface area contributed by atoms with Gasteiger partial charge in [0.15, 0.2) is 5.75 Å². The summed E-state index contributed by atoms with van der Waals surface area (Å²) >= 11 is 5.98. The minimum absolute atomic E-state index is 0.193. The number of aromatic nitrogens is 1. The molecule has 1 N–H and O–H groups in total. The van der Waals surface area contributed by atoms with Crippen LogP contribution >= 0.6 is 11.6 Å². The van der Waals surface area contributed by atoms with E-state index in [-0.39, 0.29) is 5.56 Å². The Bertz CT molecular complexity index is 1000. The van der Waals surface area contributed by atoms with E-state index in [4.69, 9.17) is 16.3 Å². The third-order valence-corrected chi connectivity index (χ3v) is 5.10. The average Bonchev–Trinajstić information content (AvgIpc) is 2.71. The smallest absolute Gasteiger partial charge is 0.339 e. The summed E-state index contributed by atoms with van der Waals surface area (Å²) in [6.07, 6.45) is 4.43. The number of pyridine rings is 1. The highest BCUT2D eigenvalue weighted by atomic mass is 35.5. The molecular weight excluding hydrogens is 376 g/mol. The van der Waals surface area contributed by atoms with Gasteiger partial charge in [-0.15, -0.1) is 0 Å². The summed E-state index contributed by atoms with van der Waals surface area (Å²) in [5.74, 6) is -0.541. The molecule has 142 valence electrons. The zero-order chi connectivity index (χ0) is 19.5. The summed E-state index contributed by atoms with van der Waals surface area (Å²) in [4.78, 5) is 17.9. The number of para-hydroxylation sites is 1. The molecule has 6 heteroatoms. The predicted octanol–water partition coefficient (Wildman–Crippen LogP) is 4.42. The van der Waals surface area contributed by atoms with E-state index in [1.165, 1.54) is 0 Å². The number of hydrogen-bond donors (Lipinski definition) is 1. The first-order valence-electron chi connectivity index (χ1n) is 9.02. The number of rotatable bonds is 5. The Hall–Kier alpha value is -3.05. The van der Waals surface area contributed by atoms with Crippen molar-refractivity contribution in [1.29, 1.82) is 0 Å². The third kappa shape index (κ3) is 3.80. The van der Waals surface area contributed by atoms with Gasteiger partial charge in [-0.1, -0.05) is 29.8 Å². The molecule has 0 fully saturated rings. The molecule has 1 aromatic heterocycles. The highest BCUT2D eigenvalue weighted by Crippen LogP contribution is 2.36. The fourth-order valence-electron chi connectivity index (χ4n) is 3.43. The Morgan fingerprint density at radius 3 is 2.75 bits per heavy atom. The van der Waals surface area contributed by atoms with Crippen LogP contribution in [0.15, 0.2) is 60.9 Å². The largest absolute Gasteiger partial charge is 0.489 e. The minimum Gasteiger partial charge on any atom is -0.489 e. The number of nitrogens with zero attached hydrogens (tertiary/aromatic N) is 2. The lowest BCUT2D eigenvalue weighted by Gasteiger charge is -2.32. The highest BCUT2D eigenvalue weighted by molar-refractivity contribution is 6.30. The maximum absolute atomic E-state index is 11.5. The second-order valence-electron chi connectivity index (χ2n) is 6.68. The molecule has 0 spiro atoms. The van der Waals surface area contributed by atoms with Gasteiger partial charge < -0.3 is 14.7 Å². The Kier molecular flexibility index (Phi) is 5.17. The van der Waals surface area contributed by atoms with E-state index < -0.39 is 5.97 Å². The summed E-state index contributed by atoms with van der Waals surface area (Å²) in [5.41, 5.74) is 4.44. The van der Waals surface area contributed by atoms with E-state index in [1.807, 2.05) is 42.6 Å². The Labute approximate surface area is 168 Å². The molecule has 0 saturated carbocycles. The Morgan fingerprint density at radius 1 is 1.14 bits per heavy atom. The lowest BCUT2D eigenvalue weighted by Crippen LogP contribution is -2.33. The van der Waals surface area contributed by atoms with Crippen LogP contribution in [0.1, 0.15) is 27.0 Å². The number of carboxylic acid groups (broad SMARTS) is 1. The Morgan fingerprint density at radius 2 is 1.96 bits per heavy atom. The van der Waals surface area contributed by atoms with E-state index in [0.29, 0.717) is 30.5 Å². The van der Waals surface area contributed by atoms with Gasteiger partial charge in [0.1, 0.15) is 12.2 Å². The normalized spacial score (nSPS) is 13.0. The predicted molar refractivity (Wildman–Crippen MR) is 108 cm³/mol. The molecule has 0 radical (unpaired) electrons. The van der Waals surface area contributed by atoms with Gasteiger partial charge in [0.25, 0.3) is 0 Å². The number of benzene rings is 2. The van der Waals surface area contributed by atoms with E-state index >= 15 is 0 Å². The SMILES string of the molecule is O=C(O)c1cccc2c1OCCN2Cc1ccncc1Cc1ccc(Cl)cc1. The molecule has 2 heterocycles.